The maximum Gasteiger partial charge on any atom is 0.131 e. The summed E-state index contributed by atoms with van der Waals surface area (Å²) in [7, 11) is 0. The predicted octanol–water partition coefficient (Wildman–Crippen LogP) is 4.22. The molecular weight excluding hydrogens is 320 g/mol. The van der Waals surface area contributed by atoms with Crippen LogP contribution >= 0.6 is 0 Å². The van der Waals surface area contributed by atoms with Gasteiger partial charge in [0.2, 0.25) is 0 Å². The maximum atomic E-state index is 4.72. The lowest BCUT2D eigenvalue weighted by atomic mass is 9.88. The maximum absolute atomic E-state index is 4.72. The van der Waals surface area contributed by atoms with Crippen LogP contribution in [0.2, 0.25) is 0 Å². The minimum atomic E-state index is 0.612. The zero-order valence-corrected chi connectivity index (χ0v) is 16.6. The van der Waals surface area contributed by atoms with E-state index in [2.05, 4.69) is 29.1 Å². The second-order valence-electron chi connectivity index (χ2n) is 8.88. The molecule has 1 atom stereocenters. The van der Waals surface area contributed by atoms with Gasteiger partial charge in [0.25, 0.3) is 0 Å². The van der Waals surface area contributed by atoms with Gasteiger partial charge in [-0.05, 0) is 77.5 Å². The van der Waals surface area contributed by atoms with Crippen molar-refractivity contribution < 1.29 is 0 Å². The van der Waals surface area contributed by atoms with Gasteiger partial charge in [-0.3, -0.25) is 4.90 Å². The van der Waals surface area contributed by atoms with Crippen molar-refractivity contribution in [2.45, 2.75) is 83.2 Å². The fraction of sp³-hybridized carbons (Fsp3) is 0.818. The van der Waals surface area contributed by atoms with Crippen molar-refractivity contribution in [1.82, 2.24) is 19.8 Å². The lowest BCUT2D eigenvalue weighted by Gasteiger charge is -2.38. The largest absolute Gasteiger partial charge is 0.300 e. The second-order valence-corrected chi connectivity index (χ2v) is 8.88. The van der Waals surface area contributed by atoms with E-state index in [-0.39, 0.29) is 0 Å². The molecule has 2 aliphatic heterocycles. The van der Waals surface area contributed by atoms with Crippen LogP contribution in [0, 0.1) is 5.92 Å². The van der Waals surface area contributed by atoms with Crippen LogP contribution < -0.4 is 0 Å². The summed E-state index contributed by atoms with van der Waals surface area (Å²) < 4.78 is 0. The third-order valence-corrected chi connectivity index (χ3v) is 7.13. The Bertz CT molecular complexity index is 538. The van der Waals surface area contributed by atoms with E-state index in [1.807, 2.05) is 0 Å². The Kier molecular flexibility index (Phi) is 6.21. The SMILES string of the molecule is C[C@H](C1CCN(Cc2cnc(C3CCCCC3)nc2)CC1)N1CCCC1. The molecule has 1 aliphatic carbocycles. The highest BCUT2D eigenvalue weighted by atomic mass is 15.2. The fourth-order valence-electron chi connectivity index (χ4n) is 5.32. The molecule has 4 rings (SSSR count). The van der Waals surface area contributed by atoms with Crippen molar-refractivity contribution in [2.75, 3.05) is 26.2 Å². The van der Waals surface area contributed by atoms with E-state index in [4.69, 9.17) is 9.97 Å². The first kappa shape index (κ1) is 18.4. The van der Waals surface area contributed by atoms with E-state index >= 15 is 0 Å². The summed E-state index contributed by atoms with van der Waals surface area (Å²) in [6.07, 6.45) is 16.3. The Hall–Kier alpha value is -1.00. The van der Waals surface area contributed by atoms with Gasteiger partial charge in [0.15, 0.2) is 0 Å². The summed E-state index contributed by atoms with van der Waals surface area (Å²) >= 11 is 0. The van der Waals surface area contributed by atoms with E-state index in [1.54, 1.807) is 0 Å². The molecule has 4 nitrogen and oxygen atoms in total. The average molecular weight is 357 g/mol. The molecule has 3 heterocycles. The molecule has 0 spiro atoms. The molecule has 1 saturated carbocycles. The lowest BCUT2D eigenvalue weighted by Crippen LogP contribution is -2.42. The molecule has 0 unspecified atom stereocenters. The molecule has 0 bridgehead atoms. The molecule has 4 heteroatoms. The molecule has 0 aromatic carbocycles. The molecule has 1 aromatic heterocycles. The Balaban J connectivity index is 1.25. The zero-order chi connectivity index (χ0) is 17.8. The Labute approximate surface area is 159 Å². The molecule has 1 aromatic rings. The standard InChI is InChI=1S/C22H36N4/c1-18(26-11-5-6-12-26)20-9-13-25(14-10-20)17-19-15-23-22(24-16-19)21-7-3-2-4-8-21/h15-16,18,20-21H,2-14,17H2,1H3/t18-/m1/s1. The van der Waals surface area contributed by atoms with Gasteiger partial charge >= 0.3 is 0 Å². The topological polar surface area (TPSA) is 32.3 Å². The fourth-order valence-corrected chi connectivity index (χ4v) is 5.32. The molecular formula is C22H36N4. The van der Waals surface area contributed by atoms with Crippen LogP contribution in [-0.4, -0.2) is 52.0 Å². The Morgan fingerprint density at radius 2 is 1.54 bits per heavy atom. The third kappa shape index (κ3) is 4.45. The number of piperidine rings is 1. The predicted molar refractivity (Wildman–Crippen MR) is 106 cm³/mol. The van der Waals surface area contributed by atoms with Crippen LogP contribution in [0.3, 0.4) is 0 Å². The Morgan fingerprint density at radius 3 is 2.19 bits per heavy atom. The van der Waals surface area contributed by atoms with Gasteiger partial charge in [0.1, 0.15) is 5.82 Å². The molecule has 3 aliphatic rings. The first-order chi connectivity index (χ1) is 12.8. The minimum absolute atomic E-state index is 0.612. The van der Waals surface area contributed by atoms with Gasteiger partial charge in [-0.15, -0.1) is 0 Å². The highest BCUT2D eigenvalue weighted by Gasteiger charge is 2.29. The van der Waals surface area contributed by atoms with Gasteiger partial charge in [0.05, 0.1) is 0 Å². The van der Waals surface area contributed by atoms with Gasteiger partial charge < -0.3 is 4.90 Å². The molecule has 0 radical (unpaired) electrons. The second kappa shape index (κ2) is 8.79. The lowest BCUT2D eigenvalue weighted by molar-refractivity contribution is 0.108. The van der Waals surface area contributed by atoms with Crippen LogP contribution in [0.25, 0.3) is 0 Å². The van der Waals surface area contributed by atoms with Crippen molar-refractivity contribution in [3.63, 3.8) is 0 Å². The molecule has 0 amide bonds. The van der Waals surface area contributed by atoms with Gasteiger partial charge in [0, 0.05) is 36.5 Å². The van der Waals surface area contributed by atoms with Crippen LogP contribution in [0.4, 0.5) is 0 Å². The first-order valence-corrected chi connectivity index (χ1v) is 11.1. The number of rotatable bonds is 5. The van der Waals surface area contributed by atoms with E-state index in [0.717, 1.165) is 24.3 Å². The van der Waals surface area contributed by atoms with E-state index in [0.29, 0.717) is 5.92 Å². The summed E-state index contributed by atoms with van der Waals surface area (Å²) in [6.45, 7) is 8.60. The van der Waals surface area contributed by atoms with Gasteiger partial charge in [-0.25, -0.2) is 9.97 Å². The normalized spacial score (nSPS) is 25.6. The van der Waals surface area contributed by atoms with Crippen LogP contribution in [0.15, 0.2) is 12.4 Å². The number of nitrogens with zero attached hydrogens (tertiary/aromatic N) is 4. The highest BCUT2D eigenvalue weighted by Crippen LogP contribution is 2.30. The van der Waals surface area contributed by atoms with Crippen LogP contribution in [0.5, 0.6) is 0 Å². The molecule has 3 fully saturated rings. The van der Waals surface area contributed by atoms with Crippen molar-refractivity contribution in [3.05, 3.63) is 23.8 Å². The Morgan fingerprint density at radius 1 is 0.885 bits per heavy atom. The summed E-state index contributed by atoms with van der Waals surface area (Å²) in [4.78, 5) is 14.8. The van der Waals surface area contributed by atoms with Crippen LogP contribution in [-0.2, 0) is 6.54 Å². The van der Waals surface area contributed by atoms with Crippen molar-refractivity contribution >= 4 is 0 Å². The molecule has 0 N–H and O–H groups in total. The molecule has 2 saturated heterocycles. The van der Waals surface area contributed by atoms with E-state index < -0.39 is 0 Å². The quantitative estimate of drug-likeness (QED) is 0.791. The minimum Gasteiger partial charge on any atom is -0.300 e. The molecule has 144 valence electrons. The summed E-state index contributed by atoms with van der Waals surface area (Å²) in [5.41, 5.74) is 1.29. The number of aromatic nitrogens is 2. The third-order valence-electron chi connectivity index (χ3n) is 7.13. The number of hydrogen-bond donors (Lipinski definition) is 0. The van der Waals surface area contributed by atoms with Gasteiger partial charge in [-0.1, -0.05) is 19.3 Å². The van der Waals surface area contributed by atoms with E-state index in [9.17, 15) is 0 Å². The van der Waals surface area contributed by atoms with E-state index in [1.165, 1.54) is 89.5 Å². The number of hydrogen-bond acceptors (Lipinski definition) is 4. The monoisotopic (exact) mass is 356 g/mol. The van der Waals surface area contributed by atoms with Crippen molar-refractivity contribution in [2.24, 2.45) is 5.92 Å². The highest BCUT2D eigenvalue weighted by molar-refractivity contribution is 5.08. The van der Waals surface area contributed by atoms with Gasteiger partial charge in [-0.2, -0.15) is 0 Å². The number of likely N-dealkylation sites (tertiary alicyclic amines) is 2. The summed E-state index contributed by atoms with van der Waals surface area (Å²) in [5.74, 6) is 2.58. The summed E-state index contributed by atoms with van der Waals surface area (Å²) in [6, 6.07) is 0.776. The average Bonchev–Trinajstić information content (AvgIpc) is 3.24. The zero-order valence-electron chi connectivity index (χ0n) is 16.6. The smallest absolute Gasteiger partial charge is 0.131 e. The first-order valence-electron chi connectivity index (χ1n) is 11.1. The van der Waals surface area contributed by atoms with Crippen molar-refractivity contribution in [1.29, 1.82) is 0 Å². The van der Waals surface area contributed by atoms with Crippen LogP contribution in [0.1, 0.15) is 82.0 Å². The molecule has 26 heavy (non-hydrogen) atoms. The summed E-state index contributed by atoms with van der Waals surface area (Å²) in [5, 5.41) is 0. The van der Waals surface area contributed by atoms with Crippen molar-refractivity contribution in [3.8, 4) is 0 Å².